The lowest BCUT2D eigenvalue weighted by molar-refractivity contribution is -0.171. The van der Waals surface area contributed by atoms with Crippen molar-refractivity contribution in [2.45, 2.75) is 81.7 Å². The van der Waals surface area contributed by atoms with Gasteiger partial charge < -0.3 is 29.5 Å². The van der Waals surface area contributed by atoms with Gasteiger partial charge in [0.2, 0.25) is 11.7 Å². The number of methoxy groups -OCH3 is 1. The van der Waals surface area contributed by atoms with Crippen LogP contribution in [0, 0.1) is 24.0 Å². The topological polar surface area (TPSA) is 139 Å². The van der Waals surface area contributed by atoms with Gasteiger partial charge in [0.1, 0.15) is 47.2 Å². The molecule has 0 spiro atoms. The fraction of sp³-hybridized carbons (Fsp3) is 0.475. The van der Waals surface area contributed by atoms with Crippen LogP contribution in [-0.4, -0.2) is 107 Å². The number of halogens is 5. The van der Waals surface area contributed by atoms with Crippen LogP contribution in [0.1, 0.15) is 57.4 Å². The third kappa shape index (κ3) is 7.60. The Bertz CT molecular complexity index is 2250. The molecule has 4 aromatic rings. The summed E-state index contributed by atoms with van der Waals surface area (Å²) in [6.45, 7) is 3.80. The first-order chi connectivity index (χ1) is 27.3. The number of carbonyl (C=O) groups excluding carboxylic acids is 2. The van der Waals surface area contributed by atoms with Gasteiger partial charge >= 0.3 is 12.2 Å². The quantitative estimate of drug-likeness (QED) is 0.0956. The lowest BCUT2D eigenvalue weighted by Crippen LogP contribution is -2.57. The number of terminal acetylenes is 1. The number of alkyl halides is 3. The molecule has 17 heteroatoms. The predicted molar refractivity (Wildman–Crippen MR) is 199 cm³/mol. The number of carbonyl (C=O) groups is 2. The number of nitrogens with one attached hydrogen (secondary N) is 1. The van der Waals surface area contributed by atoms with Crippen LogP contribution < -0.4 is 19.7 Å². The van der Waals surface area contributed by atoms with Crippen molar-refractivity contribution in [3.63, 3.8) is 0 Å². The highest BCUT2D eigenvalue weighted by Crippen LogP contribution is 2.45. The molecule has 3 saturated heterocycles. The molecule has 3 aliphatic rings. The monoisotopic (exact) mass is 796 g/mol. The Morgan fingerprint density at radius 2 is 1.93 bits per heavy atom. The highest BCUT2D eigenvalue weighted by atomic mass is 19.4. The van der Waals surface area contributed by atoms with Crippen LogP contribution in [0.15, 0.2) is 24.3 Å². The molecule has 7 rings (SSSR count). The number of aromatic hydroxyl groups is 1. The Morgan fingerprint density at radius 1 is 1.14 bits per heavy atom. The van der Waals surface area contributed by atoms with Crippen LogP contribution >= 0.6 is 0 Å². The zero-order valence-corrected chi connectivity index (χ0v) is 31.3. The van der Waals surface area contributed by atoms with Gasteiger partial charge in [-0.1, -0.05) is 18.9 Å². The molecule has 12 nitrogen and oxygen atoms in total. The van der Waals surface area contributed by atoms with Crippen LogP contribution in [0.25, 0.3) is 32.9 Å². The Balaban J connectivity index is 1.37. The van der Waals surface area contributed by atoms with Crippen molar-refractivity contribution >= 4 is 39.7 Å². The van der Waals surface area contributed by atoms with Crippen LogP contribution in [0.5, 0.6) is 17.6 Å². The first-order valence-corrected chi connectivity index (χ1v) is 18.7. The van der Waals surface area contributed by atoms with Crippen molar-refractivity contribution in [1.29, 1.82) is 0 Å². The third-order valence-electron chi connectivity index (χ3n) is 11.4. The third-order valence-corrected chi connectivity index (χ3v) is 11.4. The van der Waals surface area contributed by atoms with Crippen molar-refractivity contribution < 1.29 is 50.9 Å². The van der Waals surface area contributed by atoms with E-state index in [9.17, 15) is 27.9 Å². The number of ether oxygens (including phenoxy) is 3. The summed E-state index contributed by atoms with van der Waals surface area (Å²) in [6, 6.07) is 4.07. The van der Waals surface area contributed by atoms with E-state index < -0.39 is 41.6 Å². The average Bonchev–Trinajstić information content (AvgIpc) is 3.77. The molecule has 302 valence electrons. The summed E-state index contributed by atoms with van der Waals surface area (Å²) in [7, 11) is 1.31. The van der Waals surface area contributed by atoms with Gasteiger partial charge in [-0.3, -0.25) is 14.5 Å². The summed E-state index contributed by atoms with van der Waals surface area (Å²) in [5.41, 5.74) is -1.28. The molecule has 3 aliphatic heterocycles. The molecule has 2 N–H and O–H groups in total. The van der Waals surface area contributed by atoms with E-state index in [0.717, 1.165) is 38.3 Å². The molecular weight excluding hydrogens is 755 g/mol. The van der Waals surface area contributed by atoms with Crippen molar-refractivity contribution in [3.05, 3.63) is 41.5 Å². The van der Waals surface area contributed by atoms with Crippen LogP contribution in [0.3, 0.4) is 0 Å². The molecular formula is C40H41F5N6O6. The number of aromatic nitrogens is 3. The van der Waals surface area contributed by atoms with Gasteiger partial charge in [-0.25, -0.2) is 13.8 Å². The molecule has 57 heavy (non-hydrogen) atoms. The van der Waals surface area contributed by atoms with E-state index in [-0.39, 0.29) is 101 Å². The second kappa shape index (κ2) is 15.9. The lowest BCUT2D eigenvalue weighted by Gasteiger charge is -2.40. The van der Waals surface area contributed by atoms with Crippen molar-refractivity contribution in [2.75, 3.05) is 44.9 Å². The number of nitrogens with zero attached hydrogens (tertiary/aromatic N) is 5. The summed E-state index contributed by atoms with van der Waals surface area (Å²) >= 11 is 0. The number of phenolic OH excluding ortho intramolecular Hbond substituents is 1. The highest BCUT2D eigenvalue weighted by Gasteiger charge is 2.50. The van der Waals surface area contributed by atoms with E-state index in [1.807, 2.05) is 6.92 Å². The summed E-state index contributed by atoms with van der Waals surface area (Å²) in [5, 5.41) is 14.5. The molecule has 0 radical (unpaired) electrons. The summed E-state index contributed by atoms with van der Waals surface area (Å²) in [6.07, 6.45) is 3.61. The summed E-state index contributed by atoms with van der Waals surface area (Å²) < 4.78 is 89.1. The fourth-order valence-corrected chi connectivity index (χ4v) is 8.70. The number of hydrogen-bond acceptors (Lipinski definition) is 12. The molecule has 0 amide bonds. The van der Waals surface area contributed by atoms with Crippen molar-refractivity contribution in [1.82, 2.24) is 25.2 Å². The minimum atomic E-state index is -4.97. The average molecular weight is 797 g/mol. The zero-order valence-electron chi connectivity index (χ0n) is 31.3. The van der Waals surface area contributed by atoms with Gasteiger partial charge in [0.05, 0.1) is 18.2 Å². The second-order valence-corrected chi connectivity index (χ2v) is 14.8. The van der Waals surface area contributed by atoms with E-state index in [1.165, 1.54) is 25.3 Å². The smallest absolute Gasteiger partial charge is 0.449 e. The Kier molecular flexibility index (Phi) is 11.1. The first kappa shape index (κ1) is 39.9. The Hall–Kier alpha value is -5.34. The maximum Gasteiger partial charge on any atom is 0.449 e. The minimum Gasteiger partial charge on any atom is -0.508 e. The largest absolute Gasteiger partial charge is 0.508 e. The number of ketones is 1. The number of phenols is 1. The normalized spacial score (nSPS) is 22.4. The summed E-state index contributed by atoms with van der Waals surface area (Å²) in [4.78, 5) is 40.7. The van der Waals surface area contributed by atoms with E-state index in [0.29, 0.717) is 18.3 Å². The van der Waals surface area contributed by atoms with Crippen LogP contribution in [0.2, 0.25) is 0 Å². The van der Waals surface area contributed by atoms with Gasteiger partial charge in [0.15, 0.2) is 5.82 Å². The van der Waals surface area contributed by atoms with Crippen LogP contribution in [-0.2, 0) is 14.3 Å². The van der Waals surface area contributed by atoms with Gasteiger partial charge in [0.25, 0.3) is 6.47 Å². The number of pyridine rings is 1. The molecule has 3 fully saturated rings. The highest BCUT2D eigenvalue weighted by molar-refractivity contribution is 6.04. The number of anilines is 1. The molecule has 3 unspecified atom stereocenters. The maximum absolute atomic E-state index is 17.3. The Labute approximate surface area is 324 Å². The van der Waals surface area contributed by atoms with Crippen LogP contribution in [0.4, 0.5) is 27.8 Å². The number of hydrogen-bond donors (Lipinski definition) is 2. The molecule has 0 aliphatic carbocycles. The van der Waals surface area contributed by atoms with Gasteiger partial charge in [-0.2, -0.15) is 23.1 Å². The molecule has 2 aromatic heterocycles. The second-order valence-electron chi connectivity index (χ2n) is 14.8. The molecule has 5 heterocycles. The predicted octanol–water partition coefficient (Wildman–Crippen LogP) is 5.84. The number of piperazine rings is 1. The van der Waals surface area contributed by atoms with E-state index in [1.54, 1.807) is 4.90 Å². The fourth-order valence-electron chi connectivity index (χ4n) is 8.70. The molecule has 0 saturated carbocycles. The number of rotatable bonds is 13. The minimum absolute atomic E-state index is 0.00689. The van der Waals surface area contributed by atoms with Crippen molar-refractivity contribution in [2.24, 2.45) is 0 Å². The van der Waals surface area contributed by atoms with E-state index >= 15 is 8.78 Å². The SMILES string of the molecule is C#Cc1c(F)ccc2cc(O)cc(-c3nc(OC)c4c(N5CC(CC)NC(CCC(=O)C(F)(F)F)C5)nc(OC[C@@]56CCCN5C(COC=O)CC6)nc4c3F)c12. The lowest BCUT2D eigenvalue weighted by atomic mass is 9.95. The zero-order chi connectivity index (χ0) is 40.6. The molecule has 4 atom stereocenters. The van der Waals surface area contributed by atoms with E-state index in [4.69, 9.17) is 25.6 Å². The van der Waals surface area contributed by atoms with Gasteiger partial charge in [0, 0.05) is 48.6 Å². The first-order valence-electron chi connectivity index (χ1n) is 18.7. The standard InChI is InChI=1S/C40H41F5N6O6/c1-4-23-17-50(18-24(46-23)8-10-30(54)40(43,44)45)36-32-35(48-38(49-36)57-20-39-12-6-14-51(39)25(11-13-39)19-56-21-52)33(42)34(47-37(32)55-3)28-16-26(53)15-22-7-9-29(41)27(5-2)31(22)28/h2,7,9,15-16,21,23-25,46,53H,4,6,8,10-14,17-20H2,1,3H3/t23?,24?,25?,39-/m0/s1. The van der Waals surface area contributed by atoms with Gasteiger partial charge in [-0.15, -0.1) is 6.42 Å². The Morgan fingerprint density at radius 3 is 2.65 bits per heavy atom. The van der Waals surface area contributed by atoms with Crippen molar-refractivity contribution in [3.8, 4) is 41.2 Å². The van der Waals surface area contributed by atoms with Gasteiger partial charge in [-0.05, 0) is 68.7 Å². The summed E-state index contributed by atoms with van der Waals surface area (Å²) in [5.74, 6) is -1.51. The molecule has 2 aromatic carbocycles. The number of benzene rings is 2. The molecule has 0 bridgehead atoms. The number of Topliss-reactive ketones (excluding diaryl/α,β-unsaturated/α-hetero) is 1. The number of fused-ring (bicyclic) bond motifs is 3. The maximum atomic E-state index is 17.3. The van der Waals surface area contributed by atoms with E-state index in [2.05, 4.69) is 26.1 Å².